The molecule has 0 fully saturated rings. The topological polar surface area (TPSA) is 105 Å². The van der Waals surface area contributed by atoms with Crippen LogP contribution < -0.4 is 5.32 Å². The van der Waals surface area contributed by atoms with E-state index in [0.29, 0.717) is 22.0 Å². The zero-order valence-electron chi connectivity index (χ0n) is 23.8. The second-order valence-corrected chi connectivity index (χ2v) is 10.1. The Morgan fingerprint density at radius 1 is 0.976 bits per heavy atom. The Morgan fingerprint density at radius 3 is 2.43 bits per heavy atom. The monoisotopic (exact) mass is 586 g/mol. The molecule has 1 aliphatic rings. The summed E-state index contributed by atoms with van der Waals surface area (Å²) in [6.07, 6.45) is 3.47. The number of rotatable bonds is 9. The van der Waals surface area contributed by atoms with Gasteiger partial charge < -0.3 is 19.5 Å². The summed E-state index contributed by atoms with van der Waals surface area (Å²) >= 11 is 6.68. The number of carbonyl (C=O) groups excluding carboxylic acids is 2. The molecule has 5 rings (SSSR count). The number of halogens is 1. The molecule has 0 saturated carbocycles. The molecular weight excluding hydrogens is 556 g/mol. The van der Waals surface area contributed by atoms with Gasteiger partial charge in [0.1, 0.15) is 17.9 Å². The van der Waals surface area contributed by atoms with Gasteiger partial charge in [0.2, 0.25) is 0 Å². The number of esters is 2. The lowest BCUT2D eigenvalue weighted by Crippen LogP contribution is -2.33. The van der Waals surface area contributed by atoms with Gasteiger partial charge in [0.05, 0.1) is 47.7 Å². The van der Waals surface area contributed by atoms with E-state index in [0.717, 1.165) is 28.1 Å². The Balaban J connectivity index is 1.65. The number of imidazole rings is 1. The van der Waals surface area contributed by atoms with Crippen LogP contribution in [-0.4, -0.2) is 53.4 Å². The summed E-state index contributed by atoms with van der Waals surface area (Å²) in [6, 6.07) is 16.8. The predicted molar refractivity (Wildman–Crippen MR) is 160 cm³/mol. The maximum Gasteiger partial charge on any atom is 0.337 e. The molecule has 1 aliphatic heterocycles. The molecule has 2 aromatic carbocycles. The Hall–Kier alpha value is -4.47. The fraction of sp³-hybridized carbons (Fsp3) is 0.250. The molecule has 9 nitrogen and oxygen atoms in total. The summed E-state index contributed by atoms with van der Waals surface area (Å²) < 4.78 is 18.2. The molecule has 2 aromatic heterocycles. The van der Waals surface area contributed by atoms with Crippen molar-refractivity contribution in [3.05, 3.63) is 106 Å². The van der Waals surface area contributed by atoms with Crippen LogP contribution in [0.15, 0.2) is 83.8 Å². The first-order valence-corrected chi connectivity index (χ1v) is 13.9. The number of aromatic nitrogens is 3. The highest BCUT2D eigenvalue weighted by atomic mass is 35.5. The predicted octanol–water partition coefficient (Wildman–Crippen LogP) is 5.51. The number of benzene rings is 2. The van der Waals surface area contributed by atoms with Crippen molar-refractivity contribution in [2.75, 3.05) is 26.9 Å². The van der Waals surface area contributed by atoms with E-state index in [1.54, 1.807) is 44.4 Å². The van der Waals surface area contributed by atoms with Gasteiger partial charge in [0.25, 0.3) is 0 Å². The number of hydrogen-bond acceptors (Lipinski definition) is 8. The molecule has 0 saturated heterocycles. The Kier molecular flexibility index (Phi) is 8.70. The van der Waals surface area contributed by atoms with Crippen LogP contribution in [0.1, 0.15) is 36.7 Å². The number of hydrogen-bond donors (Lipinski definition) is 1. The van der Waals surface area contributed by atoms with E-state index in [1.165, 1.54) is 7.11 Å². The molecule has 42 heavy (non-hydrogen) atoms. The van der Waals surface area contributed by atoms with Crippen molar-refractivity contribution >= 4 is 40.3 Å². The average molecular weight is 587 g/mol. The molecule has 1 atom stereocenters. The molecule has 216 valence electrons. The minimum atomic E-state index is -0.837. The van der Waals surface area contributed by atoms with Gasteiger partial charge in [0.15, 0.2) is 0 Å². The number of nitrogens with zero attached hydrogens (tertiary/aromatic N) is 3. The third-order valence-corrected chi connectivity index (χ3v) is 7.40. The number of dihydropyridines is 1. The van der Waals surface area contributed by atoms with Gasteiger partial charge in [-0.2, -0.15) is 0 Å². The van der Waals surface area contributed by atoms with Crippen molar-refractivity contribution in [2.45, 2.75) is 26.7 Å². The lowest BCUT2D eigenvalue weighted by molar-refractivity contribution is -0.140. The highest BCUT2D eigenvalue weighted by Gasteiger charge is 2.40. The number of carbonyl (C=O) groups is 2. The van der Waals surface area contributed by atoms with E-state index < -0.39 is 17.9 Å². The number of allylic oxidation sites excluding steroid dienone is 1. The summed E-state index contributed by atoms with van der Waals surface area (Å²) in [5.74, 6) is -1.15. The lowest BCUT2D eigenvalue weighted by Gasteiger charge is -2.32. The highest BCUT2D eigenvalue weighted by molar-refractivity contribution is 6.31. The normalized spacial score (nSPS) is 15.1. The van der Waals surface area contributed by atoms with Crippen molar-refractivity contribution < 1.29 is 23.8 Å². The van der Waals surface area contributed by atoms with E-state index in [1.807, 2.05) is 47.9 Å². The zero-order valence-corrected chi connectivity index (χ0v) is 24.6. The number of methoxy groups -OCH3 is 1. The second-order valence-electron chi connectivity index (χ2n) is 9.66. The van der Waals surface area contributed by atoms with Crippen LogP contribution in [0.25, 0.3) is 22.4 Å². The summed E-state index contributed by atoms with van der Waals surface area (Å²) in [4.78, 5) is 35.9. The van der Waals surface area contributed by atoms with Crippen LogP contribution in [0.4, 0.5) is 0 Å². The van der Waals surface area contributed by atoms with E-state index in [9.17, 15) is 9.59 Å². The molecule has 10 heteroatoms. The largest absolute Gasteiger partial charge is 0.463 e. The molecule has 0 bridgehead atoms. The van der Waals surface area contributed by atoms with Gasteiger partial charge in [-0.15, -0.1) is 0 Å². The maximum absolute atomic E-state index is 13.7. The molecule has 1 N–H and O–H groups in total. The van der Waals surface area contributed by atoms with Crippen molar-refractivity contribution in [1.82, 2.24) is 19.9 Å². The molecule has 0 aliphatic carbocycles. The fourth-order valence-corrected chi connectivity index (χ4v) is 5.47. The van der Waals surface area contributed by atoms with Gasteiger partial charge in [-0.3, -0.25) is 9.55 Å². The van der Waals surface area contributed by atoms with Crippen molar-refractivity contribution in [3.63, 3.8) is 0 Å². The summed E-state index contributed by atoms with van der Waals surface area (Å²) in [5.41, 5.74) is 5.55. The van der Waals surface area contributed by atoms with Crippen molar-refractivity contribution in [2.24, 2.45) is 0 Å². The Morgan fingerprint density at radius 2 is 1.71 bits per heavy atom. The number of pyridine rings is 1. The van der Waals surface area contributed by atoms with Gasteiger partial charge in [0, 0.05) is 29.7 Å². The molecular formula is C32H31ClN4O5. The summed E-state index contributed by atoms with van der Waals surface area (Å²) in [6.45, 7) is 5.91. The molecule has 0 spiro atoms. The van der Waals surface area contributed by atoms with Gasteiger partial charge >= 0.3 is 11.9 Å². The van der Waals surface area contributed by atoms with Crippen LogP contribution in [0, 0.1) is 6.92 Å². The van der Waals surface area contributed by atoms with Crippen LogP contribution in [0.2, 0.25) is 5.02 Å². The molecule has 1 unspecified atom stereocenters. The molecule has 0 amide bonds. The lowest BCUT2D eigenvalue weighted by atomic mass is 9.79. The van der Waals surface area contributed by atoms with E-state index in [2.05, 4.69) is 15.3 Å². The summed E-state index contributed by atoms with van der Waals surface area (Å²) in [7, 11) is 1.53. The third-order valence-electron chi connectivity index (χ3n) is 7.05. The van der Waals surface area contributed by atoms with E-state index in [4.69, 9.17) is 25.8 Å². The van der Waals surface area contributed by atoms with Crippen LogP contribution in [0.5, 0.6) is 0 Å². The second kappa shape index (κ2) is 12.6. The van der Waals surface area contributed by atoms with Crippen LogP contribution >= 0.6 is 11.6 Å². The number of aryl methyl sites for hydroxylation is 1. The minimum absolute atomic E-state index is 0.0620. The quantitative estimate of drug-likeness (QED) is 0.202. The highest BCUT2D eigenvalue weighted by Crippen LogP contribution is 2.44. The van der Waals surface area contributed by atoms with Gasteiger partial charge in [-0.05, 0) is 56.2 Å². The number of fused-ring (bicyclic) bond motifs is 1. The Bertz CT molecular complexity index is 1710. The SMILES string of the molecule is CCOC(=O)C1=C(c2ccc(-n3c(C)nc4cnccc43)cc2)NC(C)=C(C(=O)OCCOC)C1c1ccccc1Cl. The average Bonchev–Trinajstić information content (AvgIpc) is 3.32. The first kappa shape index (κ1) is 29.0. The number of ether oxygens (including phenoxy) is 3. The molecule has 3 heterocycles. The fourth-order valence-electron chi connectivity index (χ4n) is 5.23. The minimum Gasteiger partial charge on any atom is -0.463 e. The van der Waals surface area contributed by atoms with Crippen molar-refractivity contribution in [3.8, 4) is 5.69 Å². The standard InChI is InChI=1S/C32H31ClN4O5/c1-5-41-32(39)29-28(23-8-6-7-9-24(23)33)27(31(38)42-17-16-40-4)19(2)35-30(29)21-10-12-22(13-11-21)37-20(3)36-25-18-34-15-14-26(25)37/h6-15,18,28,35H,5,16-17H2,1-4H3. The summed E-state index contributed by atoms with van der Waals surface area (Å²) in [5, 5.41) is 3.72. The van der Waals surface area contributed by atoms with Crippen LogP contribution in [0.3, 0.4) is 0 Å². The smallest absolute Gasteiger partial charge is 0.337 e. The van der Waals surface area contributed by atoms with Crippen LogP contribution in [-0.2, 0) is 23.8 Å². The van der Waals surface area contributed by atoms with E-state index >= 15 is 0 Å². The maximum atomic E-state index is 13.7. The van der Waals surface area contributed by atoms with E-state index in [-0.39, 0.29) is 31.0 Å². The zero-order chi connectivity index (χ0) is 29.8. The molecule has 4 aromatic rings. The number of nitrogens with one attached hydrogen (secondary N) is 1. The Labute approximate surface area is 248 Å². The first-order chi connectivity index (χ1) is 20.3. The van der Waals surface area contributed by atoms with Gasteiger partial charge in [-0.25, -0.2) is 14.6 Å². The first-order valence-electron chi connectivity index (χ1n) is 13.5. The van der Waals surface area contributed by atoms with Crippen molar-refractivity contribution in [1.29, 1.82) is 0 Å². The molecule has 0 radical (unpaired) electrons. The third kappa shape index (κ3) is 5.53. The van der Waals surface area contributed by atoms with Gasteiger partial charge in [-0.1, -0.05) is 41.9 Å².